The van der Waals surface area contributed by atoms with Crippen LogP contribution in [0, 0.1) is 0 Å². The number of rotatable bonds is 6. The van der Waals surface area contributed by atoms with Gasteiger partial charge in [0.25, 0.3) is 0 Å². The van der Waals surface area contributed by atoms with Gasteiger partial charge in [0.2, 0.25) is 5.95 Å². The van der Waals surface area contributed by atoms with Crippen molar-refractivity contribution >= 4 is 22.9 Å². The average molecular weight is 468 g/mol. The van der Waals surface area contributed by atoms with E-state index in [0.717, 1.165) is 23.3 Å². The van der Waals surface area contributed by atoms with E-state index in [1.807, 2.05) is 34.9 Å². The Morgan fingerprint density at radius 3 is 2.35 bits per heavy atom. The first-order valence-electron chi connectivity index (χ1n) is 11.0. The molecule has 0 amide bonds. The summed E-state index contributed by atoms with van der Waals surface area (Å²) in [5.74, 6) is 1.18. The van der Waals surface area contributed by atoms with Gasteiger partial charge in [0.15, 0.2) is 17.0 Å². The van der Waals surface area contributed by atoms with Crippen molar-refractivity contribution in [2.45, 2.75) is 19.3 Å². The average Bonchev–Trinajstić information content (AvgIpc) is 3.26. The topological polar surface area (TPSA) is 68.1 Å². The molecule has 1 aliphatic rings. The number of ether oxygens (including phenoxy) is 1. The zero-order valence-corrected chi connectivity index (χ0v) is 18.3. The van der Waals surface area contributed by atoms with Gasteiger partial charge in [-0.3, -0.25) is 0 Å². The third kappa shape index (κ3) is 4.81. The number of hydrogen-bond acceptors (Lipinski definition) is 6. The molecule has 4 aromatic rings. The number of hydrogen-bond donors (Lipinski definition) is 1. The fourth-order valence-corrected chi connectivity index (χ4v) is 3.85. The Bertz CT molecular complexity index is 1250. The molecule has 176 valence electrons. The molecule has 1 aliphatic heterocycles. The smallest absolute Gasteiger partial charge is 0.378 e. The molecular weight excluding hydrogens is 445 g/mol. The molecule has 34 heavy (non-hydrogen) atoms. The van der Waals surface area contributed by atoms with Gasteiger partial charge in [0.1, 0.15) is 0 Å². The lowest BCUT2D eigenvalue weighted by Gasteiger charge is -2.27. The number of nitrogens with zero attached hydrogens (tertiary/aromatic N) is 5. The molecule has 10 heteroatoms. The van der Waals surface area contributed by atoms with E-state index in [9.17, 15) is 13.2 Å². The van der Waals surface area contributed by atoms with Gasteiger partial charge < -0.3 is 19.5 Å². The predicted octanol–water partition coefficient (Wildman–Crippen LogP) is 4.34. The van der Waals surface area contributed by atoms with Crippen molar-refractivity contribution in [1.82, 2.24) is 19.5 Å². The van der Waals surface area contributed by atoms with Crippen LogP contribution in [0.25, 0.3) is 11.2 Å². The highest BCUT2D eigenvalue weighted by atomic mass is 19.4. The van der Waals surface area contributed by atoms with Gasteiger partial charge in [-0.1, -0.05) is 42.5 Å². The number of fused-ring (bicyclic) bond motifs is 1. The second-order valence-electron chi connectivity index (χ2n) is 8.05. The van der Waals surface area contributed by atoms with Crippen LogP contribution in [-0.2, 0) is 24.0 Å². The van der Waals surface area contributed by atoms with E-state index in [2.05, 4.69) is 15.2 Å². The van der Waals surface area contributed by atoms with Crippen LogP contribution in [0.5, 0.6) is 0 Å². The Morgan fingerprint density at radius 1 is 0.912 bits per heavy atom. The number of benzene rings is 2. The van der Waals surface area contributed by atoms with Crippen molar-refractivity contribution in [1.29, 1.82) is 0 Å². The zero-order valence-electron chi connectivity index (χ0n) is 18.3. The van der Waals surface area contributed by atoms with E-state index in [-0.39, 0.29) is 0 Å². The summed E-state index contributed by atoms with van der Waals surface area (Å²) in [5, 5.41) is 3.37. The number of alkyl halides is 3. The predicted molar refractivity (Wildman–Crippen MR) is 123 cm³/mol. The molecule has 0 unspecified atom stereocenters. The van der Waals surface area contributed by atoms with E-state index >= 15 is 0 Å². The normalized spacial score (nSPS) is 14.5. The maximum atomic E-state index is 12.9. The monoisotopic (exact) mass is 468 g/mol. The molecule has 0 radical (unpaired) electrons. The van der Waals surface area contributed by atoms with E-state index in [1.54, 1.807) is 6.33 Å². The highest BCUT2D eigenvalue weighted by molar-refractivity contribution is 5.84. The molecule has 5 rings (SSSR count). The molecule has 0 saturated carbocycles. The molecule has 0 bridgehead atoms. The second kappa shape index (κ2) is 9.30. The Morgan fingerprint density at radius 2 is 1.65 bits per heavy atom. The number of halogens is 3. The van der Waals surface area contributed by atoms with Gasteiger partial charge in [-0.2, -0.15) is 23.1 Å². The molecule has 1 fully saturated rings. The fraction of sp³-hybridized carbons (Fsp3) is 0.292. The number of nitrogens with one attached hydrogen (secondary N) is 1. The minimum atomic E-state index is -4.36. The van der Waals surface area contributed by atoms with Gasteiger partial charge in [-0.05, 0) is 23.3 Å². The van der Waals surface area contributed by atoms with Crippen LogP contribution in [-0.4, -0.2) is 45.8 Å². The highest BCUT2D eigenvalue weighted by Gasteiger charge is 2.30. The quantitative estimate of drug-likeness (QED) is 0.454. The van der Waals surface area contributed by atoms with Crippen molar-refractivity contribution in [2.75, 3.05) is 36.5 Å². The summed E-state index contributed by atoms with van der Waals surface area (Å²) >= 11 is 0. The van der Waals surface area contributed by atoms with Crippen molar-refractivity contribution in [3.05, 3.63) is 77.6 Å². The van der Waals surface area contributed by atoms with Crippen molar-refractivity contribution < 1.29 is 17.9 Å². The first-order chi connectivity index (χ1) is 16.5. The van der Waals surface area contributed by atoms with Gasteiger partial charge in [-0.25, -0.2) is 4.98 Å². The minimum Gasteiger partial charge on any atom is -0.378 e. The third-order valence-electron chi connectivity index (χ3n) is 5.68. The maximum absolute atomic E-state index is 12.9. The first kappa shape index (κ1) is 22.1. The van der Waals surface area contributed by atoms with E-state index in [4.69, 9.17) is 14.7 Å². The standard InChI is InChI=1S/C24H23F3N6O/c25-24(26,27)19-8-6-18(7-9-19)15-33-16-29-20-21(28-14-17-4-2-1-3-5-17)30-23(31-22(20)33)32-10-12-34-13-11-32/h1-9,16H,10-15H2,(H,28,30,31). The van der Waals surface area contributed by atoms with Crippen molar-refractivity contribution in [3.8, 4) is 0 Å². The van der Waals surface area contributed by atoms with Gasteiger partial charge in [0, 0.05) is 19.6 Å². The van der Waals surface area contributed by atoms with Gasteiger partial charge in [0.05, 0.1) is 31.6 Å². The molecule has 0 atom stereocenters. The largest absolute Gasteiger partial charge is 0.416 e. The number of aromatic nitrogens is 4. The summed E-state index contributed by atoms with van der Waals surface area (Å²) in [4.78, 5) is 16.1. The summed E-state index contributed by atoms with van der Waals surface area (Å²) in [7, 11) is 0. The molecule has 0 aliphatic carbocycles. The Kier molecular flexibility index (Phi) is 6.06. The summed E-state index contributed by atoms with van der Waals surface area (Å²) in [6, 6.07) is 15.1. The molecule has 1 saturated heterocycles. The van der Waals surface area contributed by atoms with Crippen LogP contribution >= 0.6 is 0 Å². The Labute approximate surface area is 194 Å². The molecule has 0 spiro atoms. The van der Waals surface area contributed by atoms with Crippen LogP contribution in [0.2, 0.25) is 0 Å². The summed E-state index contributed by atoms with van der Waals surface area (Å²) in [5.41, 5.74) is 2.38. The fourth-order valence-electron chi connectivity index (χ4n) is 3.85. The van der Waals surface area contributed by atoms with Crippen LogP contribution in [0.3, 0.4) is 0 Å². The van der Waals surface area contributed by atoms with E-state index in [0.29, 0.717) is 62.3 Å². The molecule has 7 nitrogen and oxygen atoms in total. The third-order valence-corrected chi connectivity index (χ3v) is 5.68. The SMILES string of the molecule is FC(F)(F)c1ccc(Cn2cnc3c(NCc4ccccc4)nc(N4CCOCC4)nc32)cc1. The van der Waals surface area contributed by atoms with E-state index in [1.165, 1.54) is 12.1 Å². The summed E-state index contributed by atoms with van der Waals surface area (Å²) in [6.07, 6.45) is -2.71. The van der Waals surface area contributed by atoms with Gasteiger partial charge >= 0.3 is 6.18 Å². The van der Waals surface area contributed by atoms with Gasteiger partial charge in [-0.15, -0.1) is 0 Å². The zero-order chi connectivity index (χ0) is 23.5. The molecule has 2 aromatic carbocycles. The van der Waals surface area contributed by atoms with Crippen molar-refractivity contribution in [2.24, 2.45) is 0 Å². The highest BCUT2D eigenvalue weighted by Crippen LogP contribution is 2.29. The number of imidazole rings is 1. The maximum Gasteiger partial charge on any atom is 0.416 e. The van der Waals surface area contributed by atoms with Crippen LogP contribution in [0.15, 0.2) is 60.9 Å². The number of anilines is 2. The molecule has 2 aromatic heterocycles. The van der Waals surface area contributed by atoms with E-state index < -0.39 is 11.7 Å². The lowest BCUT2D eigenvalue weighted by Crippen LogP contribution is -2.37. The summed E-state index contributed by atoms with van der Waals surface area (Å²) < 4.78 is 46.0. The Hall–Kier alpha value is -3.66. The van der Waals surface area contributed by atoms with Crippen LogP contribution in [0.4, 0.5) is 24.9 Å². The van der Waals surface area contributed by atoms with Crippen molar-refractivity contribution in [3.63, 3.8) is 0 Å². The lowest BCUT2D eigenvalue weighted by molar-refractivity contribution is -0.137. The first-order valence-corrected chi connectivity index (χ1v) is 11.0. The lowest BCUT2D eigenvalue weighted by atomic mass is 10.1. The summed E-state index contributed by atoms with van der Waals surface area (Å²) in [6.45, 7) is 3.46. The molecule has 3 heterocycles. The number of morpholine rings is 1. The molecular formula is C24H23F3N6O. The molecule has 1 N–H and O–H groups in total. The minimum absolute atomic E-state index is 0.340. The van der Waals surface area contributed by atoms with Crippen LogP contribution < -0.4 is 10.2 Å². The Balaban J connectivity index is 1.47. The van der Waals surface area contributed by atoms with Crippen LogP contribution in [0.1, 0.15) is 16.7 Å². The second-order valence-corrected chi connectivity index (χ2v) is 8.05.